The topological polar surface area (TPSA) is 75.9 Å². The van der Waals surface area contributed by atoms with Crippen LogP contribution in [0.4, 0.5) is 5.69 Å². The molecule has 0 bridgehead atoms. The molecule has 2 N–H and O–H groups in total. The zero-order chi connectivity index (χ0) is 14.7. The van der Waals surface area contributed by atoms with Gasteiger partial charge in [-0.05, 0) is 32.3 Å². The Morgan fingerprint density at radius 1 is 1.35 bits per heavy atom. The van der Waals surface area contributed by atoms with Crippen molar-refractivity contribution in [3.63, 3.8) is 0 Å². The normalized spacial score (nSPS) is 17.2. The maximum atomic E-state index is 12.1. The van der Waals surface area contributed by atoms with Crippen molar-refractivity contribution >= 4 is 22.6 Å². The molecule has 7 heteroatoms. The Morgan fingerprint density at radius 2 is 2.00 bits per heavy atom. The van der Waals surface area contributed by atoms with E-state index in [-0.39, 0.29) is 0 Å². The third-order valence-corrected chi connectivity index (χ3v) is 4.44. The number of nitrogens with two attached hydrogens (primary N) is 1. The van der Waals surface area contributed by atoms with Gasteiger partial charge in [-0.2, -0.15) is 0 Å². The van der Waals surface area contributed by atoms with Gasteiger partial charge >= 0.3 is 0 Å². The molecule has 0 aliphatic carbocycles. The van der Waals surface area contributed by atoms with E-state index in [1.165, 1.54) is 0 Å². The number of amides is 1. The number of rotatable bonds is 4. The van der Waals surface area contributed by atoms with E-state index < -0.39 is 16.9 Å². The van der Waals surface area contributed by atoms with E-state index in [1.54, 1.807) is 30.5 Å². The molecule has 1 amide bonds. The molecule has 1 atom stereocenters. The highest BCUT2D eigenvalue weighted by Gasteiger charge is 2.19. The van der Waals surface area contributed by atoms with Crippen molar-refractivity contribution < 1.29 is 13.7 Å². The molecule has 1 heterocycles. The molecule has 20 heavy (non-hydrogen) atoms. The second-order valence-electron chi connectivity index (χ2n) is 4.70. The second kappa shape index (κ2) is 6.34. The third kappa shape index (κ3) is 3.17. The zero-order valence-corrected chi connectivity index (χ0v) is 12.5. The quantitative estimate of drug-likeness (QED) is 0.862. The molecule has 0 saturated carbocycles. The van der Waals surface area contributed by atoms with Crippen LogP contribution in [0.25, 0.3) is 0 Å². The average Bonchev–Trinajstić information content (AvgIpc) is 2.46. The number of morpholine rings is 1. The Balaban J connectivity index is 2.37. The van der Waals surface area contributed by atoms with Crippen molar-refractivity contribution in [2.24, 2.45) is 5.73 Å². The van der Waals surface area contributed by atoms with Gasteiger partial charge in [-0.25, -0.2) is 8.51 Å². The highest BCUT2D eigenvalue weighted by molar-refractivity contribution is 7.82. The van der Waals surface area contributed by atoms with Gasteiger partial charge in [0, 0.05) is 18.8 Å². The van der Waals surface area contributed by atoms with E-state index in [9.17, 15) is 9.00 Å². The van der Waals surface area contributed by atoms with Gasteiger partial charge < -0.3 is 15.4 Å². The lowest BCUT2D eigenvalue weighted by molar-refractivity contribution is 0.0998. The van der Waals surface area contributed by atoms with Gasteiger partial charge in [0.05, 0.1) is 23.7 Å². The lowest BCUT2D eigenvalue weighted by atomic mass is 10.1. The molecule has 110 valence electrons. The fourth-order valence-corrected chi connectivity index (χ4v) is 2.94. The lowest BCUT2D eigenvalue weighted by Crippen LogP contribution is -2.37. The number of primary amides is 1. The van der Waals surface area contributed by atoms with Crippen LogP contribution in [0.15, 0.2) is 23.1 Å². The largest absolute Gasteiger partial charge is 0.378 e. The van der Waals surface area contributed by atoms with Crippen molar-refractivity contribution in [1.82, 2.24) is 4.31 Å². The van der Waals surface area contributed by atoms with Crippen LogP contribution in [0.2, 0.25) is 0 Å². The van der Waals surface area contributed by atoms with Crippen LogP contribution in [0.5, 0.6) is 0 Å². The SMILES string of the molecule is CN(C)S(=O)c1ccc(N2CCOCC2)c(C(N)=O)c1. The van der Waals surface area contributed by atoms with Crippen LogP contribution in [-0.2, 0) is 15.7 Å². The molecular formula is C13H19N3O3S. The zero-order valence-electron chi connectivity index (χ0n) is 11.7. The summed E-state index contributed by atoms with van der Waals surface area (Å²) in [6.45, 7) is 2.69. The van der Waals surface area contributed by atoms with Gasteiger partial charge in [-0.1, -0.05) is 0 Å². The van der Waals surface area contributed by atoms with Crippen LogP contribution in [-0.4, -0.2) is 54.8 Å². The van der Waals surface area contributed by atoms with E-state index in [0.29, 0.717) is 23.7 Å². The van der Waals surface area contributed by atoms with Crippen molar-refractivity contribution in [2.45, 2.75) is 4.90 Å². The summed E-state index contributed by atoms with van der Waals surface area (Å²) in [6, 6.07) is 5.19. The molecule has 2 rings (SSSR count). The molecular weight excluding hydrogens is 278 g/mol. The predicted molar refractivity (Wildman–Crippen MR) is 78.1 cm³/mol. The summed E-state index contributed by atoms with van der Waals surface area (Å²) in [5, 5.41) is 0. The van der Waals surface area contributed by atoms with Gasteiger partial charge in [-0.3, -0.25) is 4.79 Å². The molecule has 1 saturated heterocycles. The van der Waals surface area contributed by atoms with E-state index in [4.69, 9.17) is 10.5 Å². The number of nitrogens with zero attached hydrogens (tertiary/aromatic N) is 2. The summed E-state index contributed by atoms with van der Waals surface area (Å²) in [4.78, 5) is 14.3. The fraction of sp³-hybridized carbons (Fsp3) is 0.462. The van der Waals surface area contributed by atoms with Gasteiger partial charge in [0.25, 0.3) is 5.91 Å². The molecule has 1 aromatic carbocycles. The predicted octanol–water partition coefficient (Wildman–Crippen LogP) is 0.206. The lowest BCUT2D eigenvalue weighted by Gasteiger charge is -2.30. The summed E-state index contributed by atoms with van der Waals surface area (Å²) in [5.74, 6) is -0.510. The molecule has 1 aliphatic rings. The van der Waals surface area contributed by atoms with Crippen LogP contribution < -0.4 is 10.6 Å². The Morgan fingerprint density at radius 3 is 2.55 bits per heavy atom. The first-order valence-corrected chi connectivity index (χ1v) is 7.47. The fourth-order valence-electron chi connectivity index (χ4n) is 2.11. The first-order valence-electron chi connectivity index (χ1n) is 6.36. The number of ether oxygens (including phenoxy) is 1. The Hall–Kier alpha value is -1.44. The molecule has 0 aromatic heterocycles. The summed E-state index contributed by atoms with van der Waals surface area (Å²) >= 11 is 0. The molecule has 1 fully saturated rings. The average molecular weight is 297 g/mol. The molecule has 6 nitrogen and oxygen atoms in total. The van der Waals surface area contributed by atoms with Crippen molar-refractivity contribution in [3.05, 3.63) is 23.8 Å². The van der Waals surface area contributed by atoms with Gasteiger partial charge in [0.2, 0.25) is 0 Å². The molecule has 1 aromatic rings. The Labute approximate surface area is 121 Å². The van der Waals surface area contributed by atoms with Crippen LogP contribution in [0.3, 0.4) is 0 Å². The van der Waals surface area contributed by atoms with E-state index in [2.05, 4.69) is 4.90 Å². The first kappa shape index (κ1) is 15.0. The number of carbonyl (C=O) groups is 1. The highest BCUT2D eigenvalue weighted by atomic mass is 32.2. The molecule has 1 aliphatic heterocycles. The van der Waals surface area contributed by atoms with E-state index >= 15 is 0 Å². The van der Waals surface area contributed by atoms with Gasteiger partial charge in [0.15, 0.2) is 0 Å². The number of hydrogen-bond acceptors (Lipinski definition) is 4. The monoisotopic (exact) mass is 297 g/mol. The number of benzene rings is 1. The van der Waals surface area contributed by atoms with Crippen LogP contribution in [0.1, 0.15) is 10.4 Å². The Bertz CT molecular complexity index is 528. The molecule has 0 spiro atoms. The van der Waals surface area contributed by atoms with Gasteiger partial charge in [-0.15, -0.1) is 0 Å². The molecule has 1 unspecified atom stereocenters. The van der Waals surface area contributed by atoms with Crippen LogP contribution in [0, 0.1) is 0 Å². The summed E-state index contributed by atoms with van der Waals surface area (Å²) in [5.41, 5.74) is 6.64. The highest BCUT2D eigenvalue weighted by Crippen LogP contribution is 2.24. The number of hydrogen-bond donors (Lipinski definition) is 1. The number of anilines is 1. The maximum absolute atomic E-state index is 12.1. The number of carbonyl (C=O) groups excluding carboxylic acids is 1. The second-order valence-corrected chi connectivity index (χ2v) is 6.40. The van der Waals surface area contributed by atoms with E-state index in [0.717, 1.165) is 18.8 Å². The first-order chi connectivity index (χ1) is 9.50. The minimum absolute atomic E-state index is 0.402. The van der Waals surface area contributed by atoms with Gasteiger partial charge in [0.1, 0.15) is 11.0 Å². The summed E-state index contributed by atoms with van der Waals surface area (Å²) in [6.07, 6.45) is 0. The maximum Gasteiger partial charge on any atom is 0.250 e. The van der Waals surface area contributed by atoms with Crippen molar-refractivity contribution in [1.29, 1.82) is 0 Å². The van der Waals surface area contributed by atoms with E-state index in [1.807, 2.05) is 6.07 Å². The molecule has 0 radical (unpaired) electrons. The van der Waals surface area contributed by atoms with Crippen molar-refractivity contribution in [3.8, 4) is 0 Å². The minimum Gasteiger partial charge on any atom is -0.378 e. The third-order valence-electron chi connectivity index (χ3n) is 3.12. The summed E-state index contributed by atoms with van der Waals surface area (Å²) < 4.78 is 18.9. The smallest absolute Gasteiger partial charge is 0.250 e. The van der Waals surface area contributed by atoms with Crippen molar-refractivity contribution in [2.75, 3.05) is 45.3 Å². The Kier molecular flexibility index (Phi) is 4.74. The summed E-state index contributed by atoms with van der Waals surface area (Å²) in [7, 11) is 2.14. The standard InChI is InChI=1S/C13H19N3O3S/c1-15(2)20(18)10-3-4-12(11(9-10)13(14)17)16-5-7-19-8-6-16/h3-4,9H,5-8H2,1-2H3,(H2,14,17). The minimum atomic E-state index is -1.29. The van der Waals surface area contributed by atoms with Crippen LogP contribution >= 0.6 is 0 Å².